The molecule has 0 fully saturated rings. The topological polar surface area (TPSA) is 60.2 Å². The van der Waals surface area contributed by atoms with Gasteiger partial charge in [-0.05, 0) is 40.7 Å². The Hall–Kier alpha value is -1.40. The third-order valence-electron chi connectivity index (χ3n) is 2.63. The molecule has 6 heteroatoms. The molecular weight excluding hydrogens is 310 g/mol. The van der Waals surface area contributed by atoms with E-state index in [-0.39, 0.29) is 0 Å². The predicted molar refractivity (Wildman–Crippen MR) is 76.2 cm³/mol. The largest absolute Gasteiger partial charge is 0.496 e. The summed E-state index contributed by atoms with van der Waals surface area (Å²) in [7, 11) is 1.63. The minimum absolute atomic E-state index is 0.523. The molecule has 0 saturated carbocycles. The molecule has 0 radical (unpaired) electrons. The molecule has 0 aliphatic carbocycles. The number of halogens is 1. The Balaban J connectivity index is 2.11. The van der Waals surface area contributed by atoms with Crippen molar-refractivity contribution < 1.29 is 9.15 Å². The first-order valence-electron chi connectivity index (χ1n) is 6.11. The molecular formula is C13H16BrN3O2. The first kappa shape index (κ1) is 14.0. The van der Waals surface area contributed by atoms with Crippen molar-refractivity contribution in [2.24, 2.45) is 0 Å². The first-order valence-corrected chi connectivity index (χ1v) is 6.91. The smallest absolute Gasteiger partial charge is 0.247 e. The Kier molecular flexibility index (Phi) is 4.93. The summed E-state index contributed by atoms with van der Waals surface area (Å²) in [5.74, 6) is 1.94. The normalized spacial score (nSPS) is 10.7. The van der Waals surface area contributed by atoms with Crippen LogP contribution in [0.5, 0.6) is 5.75 Å². The van der Waals surface area contributed by atoms with Gasteiger partial charge in [0.2, 0.25) is 11.8 Å². The average Bonchev–Trinajstić information content (AvgIpc) is 2.88. The van der Waals surface area contributed by atoms with E-state index in [0.29, 0.717) is 11.8 Å². The van der Waals surface area contributed by atoms with Crippen molar-refractivity contribution >= 4 is 15.9 Å². The van der Waals surface area contributed by atoms with Crippen LogP contribution in [0.15, 0.2) is 27.1 Å². The molecule has 1 N–H and O–H groups in total. The van der Waals surface area contributed by atoms with E-state index in [1.807, 2.05) is 18.2 Å². The molecule has 0 aliphatic rings. The average molecular weight is 326 g/mol. The summed E-state index contributed by atoms with van der Waals surface area (Å²) in [5, 5.41) is 11.3. The highest BCUT2D eigenvalue weighted by molar-refractivity contribution is 9.10. The van der Waals surface area contributed by atoms with Gasteiger partial charge >= 0.3 is 0 Å². The lowest BCUT2D eigenvalue weighted by molar-refractivity contribution is 0.412. The maximum Gasteiger partial charge on any atom is 0.247 e. The highest BCUT2D eigenvalue weighted by Crippen LogP contribution is 2.29. The SMILES string of the molecule is CCNCCc1nnc(-c2ccc(OC)c(Br)c2)o1. The summed E-state index contributed by atoms with van der Waals surface area (Å²) in [6.07, 6.45) is 0.734. The van der Waals surface area contributed by atoms with Crippen LogP contribution in [-0.2, 0) is 6.42 Å². The minimum atomic E-state index is 0.523. The number of aromatic nitrogens is 2. The van der Waals surface area contributed by atoms with E-state index >= 15 is 0 Å². The Morgan fingerprint density at radius 3 is 2.89 bits per heavy atom. The lowest BCUT2D eigenvalue weighted by Crippen LogP contribution is -2.16. The van der Waals surface area contributed by atoms with Crippen LogP contribution in [0.4, 0.5) is 0 Å². The van der Waals surface area contributed by atoms with E-state index in [1.54, 1.807) is 7.11 Å². The van der Waals surface area contributed by atoms with Crippen molar-refractivity contribution in [3.05, 3.63) is 28.6 Å². The van der Waals surface area contributed by atoms with Gasteiger partial charge in [0.15, 0.2) is 0 Å². The van der Waals surface area contributed by atoms with Crippen molar-refractivity contribution in [1.82, 2.24) is 15.5 Å². The van der Waals surface area contributed by atoms with Gasteiger partial charge in [0.05, 0.1) is 11.6 Å². The molecule has 0 aliphatic heterocycles. The van der Waals surface area contributed by atoms with E-state index in [1.165, 1.54) is 0 Å². The molecule has 1 aromatic heterocycles. The fourth-order valence-corrected chi connectivity index (χ4v) is 2.18. The summed E-state index contributed by atoms with van der Waals surface area (Å²) in [4.78, 5) is 0. The van der Waals surface area contributed by atoms with E-state index in [9.17, 15) is 0 Å². The number of hydrogen-bond donors (Lipinski definition) is 1. The van der Waals surface area contributed by atoms with Crippen LogP contribution >= 0.6 is 15.9 Å². The summed E-state index contributed by atoms with van der Waals surface area (Å²) in [6, 6.07) is 5.66. The van der Waals surface area contributed by atoms with E-state index in [2.05, 4.69) is 38.4 Å². The molecule has 0 unspecified atom stereocenters. The zero-order chi connectivity index (χ0) is 13.7. The van der Waals surface area contributed by atoms with E-state index < -0.39 is 0 Å². The number of hydrogen-bond acceptors (Lipinski definition) is 5. The van der Waals surface area contributed by atoms with Crippen LogP contribution in [0.25, 0.3) is 11.5 Å². The lowest BCUT2D eigenvalue weighted by atomic mass is 10.2. The highest BCUT2D eigenvalue weighted by Gasteiger charge is 2.10. The molecule has 0 bridgehead atoms. The van der Waals surface area contributed by atoms with Gasteiger partial charge in [-0.1, -0.05) is 6.92 Å². The number of benzene rings is 1. The van der Waals surface area contributed by atoms with Crippen LogP contribution in [0, 0.1) is 0 Å². The molecule has 0 atom stereocenters. The third-order valence-corrected chi connectivity index (χ3v) is 3.25. The highest BCUT2D eigenvalue weighted by atomic mass is 79.9. The van der Waals surface area contributed by atoms with Gasteiger partial charge in [-0.2, -0.15) is 0 Å². The fraction of sp³-hybridized carbons (Fsp3) is 0.385. The lowest BCUT2D eigenvalue weighted by Gasteiger charge is -2.03. The Labute approximate surface area is 120 Å². The molecule has 5 nitrogen and oxygen atoms in total. The second-order valence-electron chi connectivity index (χ2n) is 3.95. The number of ether oxygens (including phenoxy) is 1. The quantitative estimate of drug-likeness (QED) is 0.827. The van der Waals surface area contributed by atoms with Gasteiger partial charge < -0.3 is 14.5 Å². The molecule has 2 rings (SSSR count). The molecule has 19 heavy (non-hydrogen) atoms. The van der Waals surface area contributed by atoms with Crippen LogP contribution in [0.1, 0.15) is 12.8 Å². The zero-order valence-corrected chi connectivity index (χ0v) is 12.5. The number of nitrogens with one attached hydrogen (secondary N) is 1. The number of rotatable bonds is 6. The summed E-state index contributed by atoms with van der Waals surface area (Å²) >= 11 is 3.44. The number of nitrogens with zero attached hydrogens (tertiary/aromatic N) is 2. The fourth-order valence-electron chi connectivity index (χ4n) is 1.64. The second-order valence-corrected chi connectivity index (χ2v) is 4.81. The Morgan fingerprint density at radius 1 is 1.37 bits per heavy atom. The van der Waals surface area contributed by atoms with Gasteiger partial charge in [-0.3, -0.25) is 0 Å². The minimum Gasteiger partial charge on any atom is -0.496 e. The van der Waals surface area contributed by atoms with E-state index in [0.717, 1.165) is 35.3 Å². The third kappa shape index (κ3) is 3.54. The van der Waals surface area contributed by atoms with Crippen LogP contribution in [0.2, 0.25) is 0 Å². The summed E-state index contributed by atoms with van der Waals surface area (Å²) in [6.45, 7) is 3.84. The maximum atomic E-state index is 5.62. The van der Waals surface area contributed by atoms with Gasteiger partial charge in [0.1, 0.15) is 5.75 Å². The summed E-state index contributed by atoms with van der Waals surface area (Å²) < 4.78 is 11.7. The Bertz CT molecular complexity index is 542. The molecule has 1 heterocycles. The molecule has 2 aromatic rings. The van der Waals surface area contributed by atoms with Crippen molar-refractivity contribution in [3.63, 3.8) is 0 Å². The van der Waals surface area contributed by atoms with Gasteiger partial charge in [0.25, 0.3) is 0 Å². The van der Waals surface area contributed by atoms with Crippen LogP contribution in [-0.4, -0.2) is 30.4 Å². The van der Waals surface area contributed by atoms with Crippen LogP contribution < -0.4 is 10.1 Å². The van der Waals surface area contributed by atoms with Crippen LogP contribution in [0.3, 0.4) is 0 Å². The Morgan fingerprint density at radius 2 is 2.21 bits per heavy atom. The number of likely N-dealkylation sites (N-methyl/N-ethyl adjacent to an activating group) is 1. The molecule has 1 aromatic carbocycles. The van der Waals surface area contributed by atoms with Crippen molar-refractivity contribution in [3.8, 4) is 17.2 Å². The number of methoxy groups -OCH3 is 1. The zero-order valence-electron chi connectivity index (χ0n) is 10.9. The first-order chi connectivity index (χ1) is 9.24. The standard InChI is InChI=1S/C13H16BrN3O2/c1-3-15-7-6-12-16-17-13(19-12)9-4-5-11(18-2)10(14)8-9/h4-5,8,15H,3,6-7H2,1-2H3. The maximum absolute atomic E-state index is 5.62. The van der Waals surface area contributed by atoms with Crippen molar-refractivity contribution in [1.29, 1.82) is 0 Å². The van der Waals surface area contributed by atoms with E-state index in [4.69, 9.17) is 9.15 Å². The molecule has 0 amide bonds. The van der Waals surface area contributed by atoms with Gasteiger partial charge in [0, 0.05) is 18.5 Å². The molecule has 102 valence electrons. The monoisotopic (exact) mass is 325 g/mol. The van der Waals surface area contributed by atoms with Crippen molar-refractivity contribution in [2.75, 3.05) is 20.2 Å². The predicted octanol–water partition coefficient (Wildman–Crippen LogP) is 2.66. The van der Waals surface area contributed by atoms with Gasteiger partial charge in [-0.25, -0.2) is 0 Å². The van der Waals surface area contributed by atoms with Gasteiger partial charge in [-0.15, -0.1) is 10.2 Å². The van der Waals surface area contributed by atoms with Crippen molar-refractivity contribution in [2.45, 2.75) is 13.3 Å². The molecule has 0 saturated heterocycles. The summed E-state index contributed by atoms with van der Waals surface area (Å²) in [5.41, 5.74) is 0.870. The second kappa shape index (κ2) is 6.68. The molecule has 0 spiro atoms.